The zero-order valence-corrected chi connectivity index (χ0v) is 10.9. The molecule has 0 saturated heterocycles. The first-order valence-electron chi connectivity index (χ1n) is 6.32. The lowest BCUT2D eigenvalue weighted by Gasteiger charge is -2.18. The average Bonchev–Trinajstić information content (AvgIpc) is 2.35. The van der Waals surface area contributed by atoms with Gasteiger partial charge in [0.2, 0.25) is 0 Å². The first-order valence-corrected chi connectivity index (χ1v) is 7.20. The molecular formula is C14H21NS. The Kier molecular flexibility index (Phi) is 4.30. The van der Waals surface area contributed by atoms with Crippen LogP contribution in [0.15, 0.2) is 23.1 Å². The Morgan fingerprint density at radius 3 is 2.69 bits per heavy atom. The van der Waals surface area contributed by atoms with Crippen molar-refractivity contribution in [2.45, 2.75) is 49.2 Å². The van der Waals surface area contributed by atoms with E-state index in [1.807, 2.05) is 11.8 Å². The lowest BCUT2D eigenvalue weighted by molar-refractivity contribution is 0.683. The van der Waals surface area contributed by atoms with E-state index in [2.05, 4.69) is 25.1 Å². The van der Waals surface area contributed by atoms with E-state index in [1.54, 1.807) is 11.1 Å². The van der Waals surface area contributed by atoms with Gasteiger partial charge >= 0.3 is 0 Å². The number of benzene rings is 1. The Hall–Kier alpha value is -0.470. The Labute approximate surface area is 103 Å². The SMILES string of the molecule is CCC(CN)Sc1ccc2c(c1)CCCC2. The van der Waals surface area contributed by atoms with Crippen LogP contribution in [0.5, 0.6) is 0 Å². The van der Waals surface area contributed by atoms with E-state index >= 15 is 0 Å². The quantitative estimate of drug-likeness (QED) is 0.810. The fourth-order valence-corrected chi connectivity index (χ4v) is 3.28. The Bertz CT molecular complexity index is 345. The largest absolute Gasteiger partial charge is 0.329 e. The Morgan fingerprint density at radius 2 is 2.00 bits per heavy atom. The van der Waals surface area contributed by atoms with Crippen molar-refractivity contribution < 1.29 is 0 Å². The van der Waals surface area contributed by atoms with Crippen LogP contribution in [0.25, 0.3) is 0 Å². The van der Waals surface area contributed by atoms with E-state index in [0.29, 0.717) is 5.25 Å². The van der Waals surface area contributed by atoms with E-state index < -0.39 is 0 Å². The summed E-state index contributed by atoms with van der Waals surface area (Å²) >= 11 is 1.94. The number of fused-ring (bicyclic) bond motifs is 1. The zero-order chi connectivity index (χ0) is 11.4. The van der Waals surface area contributed by atoms with Crippen LogP contribution in [0.3, 0.4) is 0 Å². The third-order valence-electron chi connectivity index (χ3n) is 3.34. The summed E-state index contributed by atoms with van der Waals surface area (Å²) < 4.78 is 0. The molecule has 0 spiro atoms. The number of aryl methyl sites for hydroxylation is 2. The van der Waals surface area contributed by atoms with Gasteiger partial charge in [0.15, 0.2) is 0 Å². The van der Waals surface area contributed by atoms with Gasteiger partial charge in [-0.1, -0.05) is 13.0 Å². The lowest BCUT2D eigenvalue weighted by Crippen LogP contribution is -2.15. The highest BCUT2D eigenvalue weighted by Gasteiger charge is 2.11. The normalized spacial score (nSPS) is 16.9. The summed E-state index contributed by atoms with van der Waals surface area (Å²) in [5.41, 5.74) is 8.89. The maximum Gasteiger partial charge on any atom is 0.0214 e. The minimum absolute atomic E-state index is 0.571. The lowest BCUT2D eigenvalue weighted by atomic mass is 9.92. The van der Waals surface area contributed by atoms with Crippen molar-refractivity contribution >= 4 is 11.8 Å². The fraction of sp³-hybridized carbons (Fsp3) is 0.571. The van der Waals surface area contributed by atoms with Gasteiger partial charge in [0.25, 0.3) is 0 Å². The molecule has 0 fully saturated rings. The molecule has 0 aromatic heterocycles. The molecule has 1 aliphatic rings. The molecule has 2 heteroatoms. The highest BCUT2D eigenvalue weighted by Crippen LogP contribution is 2.29. The van der Waals surface area contributed by atoms with Crippen molar-refractivity contribution in [3.05, 3.63) is 29.3 Å². The highest BCUT2D eigenvalue weighted by molar-refractivity contribution is 8.00. The molecule has 0 saturated carbocycles. The number of rotatable bonds is 4. The second-order valence-electron chi connectivity index (χ2n) is 4.52. The first-order chi connectivity index (χ1) is 7.83. The van der Waals surface area contributed by atoms with Gasteiger partial charge in [0, 0.05) is 16.7 Å². The van der Waals surface area contributed by atoms with E-state index in [1.165, 1.54) is 30.6 Å². The monoisotopic (exact) mass is 235 g/mol. The second kappa shape index (κ2) is 5.74. The highest BCUT2D eigenvalue weighted by atomic mass is 32.2. The van der Waals surface area contributed by atoms with E-state index in [4.69, 9.17) is 5.73 Å². The molecule has 1 nitrogen and oxygen atoms in total. The number of thioether (sulfide) groups is 1. The molecule has 1 aromatic rings. The summed E-state index contributed by atoms with van der Waals surface area (Å²) in [5, 5.41) is 0.571. The minimum atomic E-state index is 0.571. The molecule has 1 unspecified atom stereocenters. The van der Waals surface area contributed by atoms with Gasteiger partial charge in [-0.15, -0.1) is 11.8 Å². The van der Waals surface area contributed by atoms with Crippen molar-refractivity contribution in [2.75, 3.05) is 6.54 Å². The summed E-state index contributed by atoms with van der Waals surface area (Å²) in [6.07, 6.45) is 6.41. The fourth-order valence-electron chi connectivity index (χ4n) is 2.27. The van der Waals surface area contributed by atoms with Crippen LogP contribution < -0.4 is 5.73 Å². The van der Waals surface area contributed by atoms with Gasteiger partial charge in [-0.2, -0.15) is 0 Å². The molecular weight excluding hydrogens is 214 g/mol. The Morgan fingerprint density at radius 1 is 1.25 bits per heavy atom. The van der Waals surface area contributed by atoms with Crippen LogP contribution >= 0.6 is 11.8 Å². The van der Waals surface area contributed by atoms with Gasteiger partial charge in [0.1, 0.15) is 0 Å². The van der Waals surface area contributed by atoms with Crippen molar-refractivity contribution in [3.8, 4) is 0 Å². The molecule has 16 heavy (non-hydrogen) atoms. The van der Waals surface area contributed by atoms with Gasteiger partial charge in [-0.25, -0.2) is 0 Å². The van der Waals surface area contributed by atoms with Crippen LogP contribution in [0.2, 0.25) is 0 Å². The summed E-state index contributed by atoms with van der Waals surface area (Å²) in [5.74, 6) is 0. The number of hydrogen-bond donors (Lipinski definition) is 1. The van der Waals surface area contributed by atoms with Crippen molar-refractivity contribution in [2.24, 2.45) is 5.73 Å². The van der Waals surface area contributed by atoms with Gasteiger partial charge in [-0.3, -0.25) is 0 Å². The van der Waals surface area contributed by atoms with Crippen molar-refractivity contribution in [1.29, 1.82) is 0 Å². The van der Waals surface area contributed by atoms with Crippen LogP contribution in [0.1, 0.15) is 37.3 Å². The minimum Gasteiger partial charge on any atom is -0.329 e. The summed E-state index contributed by atoms with van der Waals surface area (Å²) in [7, 11) is 0. The molecule has 0 bridgehead atoms. The number of hydrogen-bond acceptors (Lipinski definition) is 2. The van der Waals surface area contributed by atoms with Gasteiger partial charge in [-0.05, 0) is 55.4 Å². The molecule has 1 aromatic carbocycles. The smallest absolute Gasteiger partial charge is 0.0214 e. The molecule has 0 heterocycles. The molecule has 0 radical (unpaired) electrons. The molecule has 0 aliphatic heterocycles. The van der Waals surface area contributed by atoms with E-state index in [9.17, 15) is 0 Å². The molecule has 88 valence electrons. The van der Waals surface area contributed by atoms with E-state index in [0.717, 1.165) is 13.0 Å². The predicted molar refractivity (Wildman–Crippen MR) is 72.1 cm³/mol. The number of nitrogens with two attached hydrogens (primary N) is 1. The second-order valence-corrected chi connectivity index (χ2v) is 5.90. The average molecular weight is 235 g/mol. The maximum absolute atomic E-state index is 5.75. The topological polar surface area (TPSA) is 26.0 Å². The maximum atomic E-state index is 5.75. The Balaban J connectivity index is 2.10. The van der Waals surface area contributed by atoms with Crippen molar-refractivity contribution in [1.82, 2.24) is 0 Å². The standard InChI is InChI=1S/C14H21NS/c1-2-13(10-15)16-14-8-7-11-5-3-4-6-12(11)9-14/h7-9,13H,2-6,10,15H2,1H3. The summed E-state index contributed by atoms with van der Waals surface area (Å²) in [4.78, 5) is 1.40. The molecule has 0 amide bonds. The van der Waals surface area contributed by atoms with Gasteiger partial charge < -0.3 is 5.73 Å². The zero-order valence-electron chi connectivity index (χ0n) is 10.0. The molecule has 1 aliphatic carbocycles. The van der Waals surface area contributed by atoms with E-state index in [-0.39, 0.29) is 0 Å². The summed E-state index contributed by atoms with van der Waals surface area (Å²) in [6, 6.07) is 6.98. The van der Waals surface area contributed by atoms with Crippen LogP contribution in [-0.2, 0) is 12.8 Å². The van der Waals surface area contributed by atoms with Crippen LogP contribution in [0.4, 0.5) is 0 Å². The third-order valence-corrected chi connectivity index (χ3v) is 4.73. The molecule has 2 rings (SSSR count). The molecule has 1 atom stereocenters. The van der Waals surface area contributed by atoms with Gasteiger partial charge in [0.05, 0.1) is 0 Å². The van der Waals surface area contributed by atoms with Crippen molar-refractivity contribution in [3.63, 3.8) is 0 Å². The third kappa shape index (κ3) is 2.80. The first kappa shape index (κ1) is 12.0. The van der Waals surface area contributed by atoms with Crippen LogP contribution in [-0.4, -0.2) is 11.8 Å². The molecule has 2 N–H and O–H groups in total. The van der Waals surface area contributed by atoms with Crippen LogP contribution in [0, 0.1) is 0 Å². The predicted octanol–water partition coefficient (Wildman–Crippen LogP) is 3.39. The summed E-state index contributed by atoms with van der Waals surface area (Å²) in [6.45, 7) is 2.99.